The molecule has 0 bridgehead atoms. The highest BCUT2D eigenvalue weighted by atomic mass is 16.3. The third-order valence-corrected chi connectivity index (χ3v) is 3.98. The molecule has 3 rings (SSSR count). The van der Waals surface area contributed by atoms with Crippen molar-refractivity contribution in [3.63, 3.8) is 0 Å². The SMILES string of the molecule is OCc1cncc(N2CC3CCC(O)C3C2)n1. The molecule has 2 heterocycles. The Morgan fingerprint density at radius 3 is 2.94 bits per heavy atom. The fourth-order valence-electron chi connectivity index (χ4n) is 3.05. The number of aliphatic hydroxyl groups excluding tert-OH is 2. The lowest BCUT2D eigenvalue weighted by Gasteiger charge is -2.19. The lowest BCUT2D eigenvalue weighted by atomic mass is 10.00. The van der Waals surface area contributed by atoms with Crippen LogP contribution >= 0.6 is 0 Å². The highest BCUT2D eigenvalue weighted by Gasteiger charge is 2.42. The van der Waals surface area contributed by atoms with Gasteiger partial charge in [-0.15, -0.1) is 0 Å². The summed E-state index contributed by atoms with van der Waals surface area (Å²) < 4.78 is 0. The van der Waals surface area contributed by atoms with Gasteiger partial charge in [0.1, 0.15) is 5.82 Å². The van der Waals surface area contributed by atoms with Gasteiger partial charge in [0.25, 0.3) is 0 Å². The molecule has 1 aliphatic heterocycles. The van der Waals surface area contributed by atoms with Crippen LogP contribution in [0.4, 0.5) is 5.82 Å². The Morgan fingerprint density at radius 1 is 1.29 bits per heavy atom. The summed E-state index contributed by atoms with van der Waals surface area (Å²) in [5.74, 6) is 1.79. The molecule has 0 aromatic carbocycles. The van der Waals surface area contributed by atoms with Crippen LogP contribution in [0.1, 0.15) is 18.5 Å². The van der Waals surface area contributed by atoms with Gasteiger partial charge in [-0.25, -0.2) is 4.98 Å². The summed E-state index contributed by atoms with van der Waals surface area (Å²) in [5, 5.41) is 18.9. The molecule has 1 saturated heterocycles. The monoisotopic (exact) mass is 235 g/mol. The van der Waals surface area contributed by atoms with E-state index in [1.807, 2.05) is 0 Å². The Balaban J connectivity index is 1.78. The Bertz CT molecular complexity index is 412. The minimum Gasteiger partial charge on any atom is -0.393 e. The molecule has 5 heteroatoms. The third kappa shape index (κ3) is 1.89. The molecule has 17 heavy (non-hydrogen) atoms. The third-order valence-electron chi connectivity index (χ3n) is 3.98. The zero-order valence-electron chi connectivity index (χ0n) is 9.66. The van der Waals surface area contributed by atoms with Crippen LogP contribution in [0, 0.1) is 11.8 Å². The van der Waals surface area contributed by atoms with Gasteiger partial charge >= 0.3 is 0 Å². The van der Waals surface area contributed by atoms with E-state index in [0.717, 1.165) is 31.7 Å². The predicted molar refractivity (Wildman–Crippen MR) is 62.4 cm³/mol. The summed E-state index contributed by atoms with van der Waals surface area (Å²) in [6, 6.07) is 0. The first kappa shape index (κ1) is 10.9. The number of hydrogen-bond acceptors (Lipinski definition) is 5. The van der Waals surface area contributed by atoms with Gasteiger partial charge < -0.3 is 15.1 Å². The Morgan fingerprint density at radius 2 is 2.18 bits per heavy atom. The molecule has 1 aliphatic carbocycles. The standard InChI is InChI=1S/C12H17N3O2/c16-7-9-3-13-4-12(14-9)15-5-8-1-2-11(17)10(8)6-15/h3-4,8,10-11,16-17H,1-2,5-7H2. The van der Waals surface area contributed by atoms with Gasteiger partial charge in [0.15, 0.2) is 0 Å². The lowest BCUT2D eigenvalue weighted by molar-refractivity contribution is 0.133. The number of aromatic nitrogens is 2. The molecule has 5 nitrogen and oxygen atoms in total. The number of fused-ring (bicyclic) bond motifs is 1. The second-order valence-corrected chi connectivity index (χ2v) is 5.00. The first-order valence-electron chi connectivity index (χ1n) is 6.12. The summed E-state index contributed by atoms with van der Waals surface area (Å²) in [7, 11) is 0. The smallest absolute Gasteiger partial charge is 0.147 e. The number of anilines is 1. The minimum atomic E-state index is -0.154. The van der Waals surface area contributed by atoms with Crippen LogP contribution in [-0.4, -0.2) is 39.4 Å². The maximum atomic E-state index is 9.86. The van der Waals surface area contributed by atoms with Gasteiger partial charge in [-0.05, 0) is 18.8 Å². The minimum absolute atomic E-state index is 0.0792. The molecule has 2 aliphatic rings. The molecular weight excluding hydrogens is 218 g/mol. The summed E-state index contributed by atoms with van der Waals surface area (Å²) in [5.41, 5.74) is 0.597. The van der Waals surface area contributed by atoms with E-state index < -0.39 is 0 Å². The van der Waals surface area contributed by atoms with Crippen molar-refractivity contribution in [3.8, 4) is 0 Å². The van der Waals surface area contributed by atoms with Crippen LogP contribution in [0.25, 0.3) is 0 Å². The van der Waals surface area contributed by atoms with Crippen LogP contribution in [-0.2, 0) is 6.61 Å². The van der Waals surface area contributed by atoms with Gasteiger partial charge in [-0.1, -0.05) is 0 Å². The molecular formula is C12H17N3O2. The summed E-state index contributed by atoms with van der Waals surface area (Å²) in [6.45, 7) is 1.73. The first-order valence-corrected chi connectivity index (χ1v) is 6.12. The maximum Gasteiger partial charge on any atom is 0.147 e. The molecule has 1 saturated carbocycles. The molecule has 2 fully saturated rings. The maximum absolute atomic E-state index is 9.86. The average molecular weight is 235 g/mol. The molecule has 92 valence electrons. The van der Waals surface area contributed by atoms with Crippen molar-refractivity contribution in [3.05, 3.63) is 18.1 Å². The van der Waals surface area contributed by atoms with Crippen LogP contribution in [0.3, 0.4) is 0 Å². The average Bonchev–Trinajstić information content (AvgIpc) is 2.92. The van der Waals surface area contributed by atoms with E-state index in [1.165, 1.54) is 0 Å². The van der Waals surface area contributed by atoms with E-state index in [0.29, 0.717) is 17.5 Å². The van der Waals surface area contributed by atoms with Crippen LogP contribution in [0.5, 0.6) is 0 Å². The predicted octanol–water partition coefficient (Wildman–Crippen LogP) is 0.176. The van der Waals surface area contributed by atoms with Crippen LogP contribution in [0.15, 0.2) is 12.4 Å². The molecule has 0 spiro atoms. The zero-order chi connectivity index (χ0) is 11.8. The number of hydrogen-bond donors (Lipinski definition) is 2. The largest absolute Gasteiger partial charge is 0.393 e. The topological polar surface area (TPSA) is 69.5 Å². The fourth-order valence-corrected chi connectivity index (χ4v) is 3.05. The molecule has 3 atom stereocenters. The van der Waals surface area contributed by atoms with Crippen molar-refractivity contribution >= 4 is 5.82 Å². The van der Waals surface area contributed by atoms with E-state index in [1.54, 1.807) is 12.4 Å². The van der Waals surface area contributed by atoms with E-state index in [-0.39, 0.29) is 12.7 Å². The summed E-state index contributed by atoms with van der Waals surface area (Å²) in [6.07, 6.45) is 5.20. The molecule has 1 aromatic heterocycles. The number of aliphatic hydroxyl groups is 2. The second-order valence-electron chi connectivity index (χ2n) is 5.00. The normalized spacial score (nSPS) is 31.9. The Labute approximate surface area is 100 Å². The van der Waals surface area contributed by atoms with Crippen molar-refractivity contribution in [1.29, 1.82) is 0 Å². The van der Waals surface area contributed by atoms with E-state index in [4.69, 9.17) is 5.11 Å². The zero-order valence-corrected chi connectivity index (χ0v) is 9.66. The highest BCUT2D eigenvalue weighted by Crippen LogP contribution is 2.39. The summed E-state index contributed by atoms with van der Waals surface area (Å²) in [4.78, 5) is 10.6. The van der Waals surface area contributed by atoms with Crippen LogP contribution < -0.4 is 4.90 Å². The highest BCUT2D eigenvalue weighted by molar-refractivity contribution is 5.38. The van der Waals surface area contributed by atoms with E-state index in [2.05, 4.69) is 14.9 Å². The molecule has 2 N–H and O–H groups in total. The summed E-state index contributed by atoms with van der Waals surface area (Å²) >= 11 is 0. The lowest BCUT2D eigenvalue weighted by Crippen LogP contribution is -2.25. The van der Waals surface area contributed by atoms with Gasteiger partial charge in [0.05, 0.1) is 30.8 Å². The second kappa shape index (κ2) is 4.23. The van der Waals surface area contributed by atoms with E-state index in [9.17, 15) is 5.11 Å². The number of nitrogens with zero attached hydrogens (tertiary/aromatic N) is 3. The van der Waals surface area contributed by atoms with Gasteiger partial charge in [-0.2, -0.15) is 0 Å². The molecule has 0 amide bonds. The molecule has 0 radical (unpaired) electrons. The van der Waals surface area contributed by atoms with Gasteiger partial charge in [0, 0.05) is 19.0 Å². The van der Waals surface area contributed by atoms with E-state index >= 15 is 0 Å². The van der Waals surface area contributed by atoms with Crippen molar-refractivity contribution in [2.45, 2.75) is 25.6 Å². The fraction of sp³-hybridized carbons (Fsp3) is 0.667. The van der Waals surface area contributed by atoms with Crippen LogP contribution in [0.2, 0.25) is 0 Å². The van der Waals surface area contributed by atoms with Crippen molar-refractivity contribution in [2.75, 3.05) is 18.0 Å². The van der Waals surface area contributed by atoms with Crippen molar-refractivity contribution in [2.24, 2.45) is 11.8 Å². The Hall–Kier alpha value is -1.20. The number of rotatable bonds is 2. The van der Waals surface area contributed by atoms with Crippen molar-refractivity contribution < 1.29 is 10.2 Å². The first-order chi connectivity index (χ1) is 8.28. The van der Waals surface area contributed by atoms with Gasteiger partial charge in [-0.3, -0.25) is 4.98 Å². The van der Waals surface area contributed by atoms with Crippen molar-refractivity contribution in [1.82, 2.24) is 9.97 Å². The Kier molecular flexibility index (Phi) is 2.72. The quantitative estimate of drug-likeness (QED) is 0.765. The molecule has 3 unspecified atom stereocenters. The molecule has 1 aromatic rings. The van der Waals surface area contributed by atoms with Gasteiger partial charge in [0.2, 0.25) is 0 Å².